The molecule has 0 rings (SSSR count). The molecule has 66 valence electrons. The van der Waals surface area contributed by atoms with Gasteiger partial charge in [-0.3, -0.25) is 0 Å². The Bertz CT molecular complexity index is 121. The normalized spacial score (nSPS) is 11.7. The molecule has 0 unspecified atom stereocenters. The Morgan fingerprint density at radius 3 is 2.73 bits per heavy atom. The van der Waals surface area contributed by atoms with Crippen LogP contribution in [-0.2, 0) is 3.17 Å². The minimum atomic E-state index is 0.968. The molecule has 0 heterocycles. The number of rotatable bonds is 6. The van der Waals surface area contributed by atoms with Gasteiger partial charge in [-0.2, -0.15) is 23.5 Å². The second-order valence-electron chi connectivity index (χ2n) is 1.80. The van der Waals surface area contributed by atoms with Crippen LogP contribution in [0.15, 0.2) is 5.16 Å². The Hall–Kier alpha value is 0.900. The molecule has 0 amide bonds. The van der Waals surface area contributed by atoms with Crippen LogP contribution in [0.1, 0.15) is 6.92 Å². The summed E-state index contributed by atoms with van der Waals surface area (Å²) in [6.07, 6.45) is 2.07. The highest BCUT2D eigenvalue weighted by Crippen LogP contribution is 2.05. The molecule has 0 N–H and O–H groups in total. The molecule has 0 bridgehead atoms. The second kappa shape index (κ2) is 8.99. The summed E-state index contributed by atoms with van der Waals surface area (Å²) < 4.78 is 4.68. The predicted molar refractivity (Wildman–Crippen MR) is 63.9 cm³/mol. The molecule has 0 radical (unpaired) electrons. The van der Waals surface area contributed by atoms with Crippen molar-refractivity contribution >= 4 is 52.2 Å². The minimum Gasteiger partial charge on any atom is -0.327 e. The second-order valence-corrected chi connectivity index (χ2v) is 4.33. The third-order valence-corrected chi connectivity index (χ3v) is 2.71. The number of hydrogen-bond acceptors (Lipinski definition) is 4. The average molecular weight is 305 g/mol. The summed E-state index contributed by atoms with van der Waals surface area (Å²) >= 11 is 5.43. The number of hydrogen-bond donors (Lipinski definition) is 0. The summed E-state index contributed by atoms with van der Waals surface area (Å²) in [7, 11) is 0. The molecular weight excluding hydrogens is 293 g/mol. The van der Waals surface area contributed by atoms with Crippen LogP contribution in [0, 0.1) is 0 Å². The van der Waals surface area contributed by atoms with E-state index in [4.69, 9.17) is 0 Å². The topological polar surface area (TPSA) is 21.6 Å². The Morgan fingerprint density at radius 1 is 1.55 bits per heavy atom. The lowest BCUT2D eigenvalue weighted by Gasteiger charge is -2.00. The molecule has 0 aromatic rings. The van der Waals surface area contributed by atoms with E-state index >= 15 is 0 Å². The van der Waals surface area contributed by atoms with Gasteiger partial charge < -0.3 is 3.17 Å². The van der Waals surface area contributed by atoms with Crippen LogP contribution in [0.2, 0.25) is 0 Å². The molecule has 2 nitrogen and oxygen atoms in total. The van der Waals surface area contributed by atoms with E-state index in [0.717, 1.165) is 23.0 Å². The summed E-state index contributed by atoms with van der Waals surface area (Å²) in [5.74, 6) is 3.09. The molecule has 0 aromatic heterocycles. The van der Waals surface area contributed by atoms with Crippen molar-refractivity contribution in [1.82, 2.24) is 0 Å². The largest absolute Gasteiger partial charge is 0.327 e. The van der Waals surface area contributed by atoms with E-state index in [0.29, 0.717) is 0 Å². The van der Waals surface area contributed by atoms with Crippen molar-refractivity contribution in [1.29, 1.82) is 0 Å². The Labute approximate surface area is 90.6 Å². The Kier molecular flexibility index (Phi) is 9.73. The minimum absolute atomic E-state index is 0.968. The van der Waals surface area contributed by atoms with Gasteiger partial charge in [0.1, 0.15) is 0 Å². The fraction of sp³-hybridized carbons (Fsp3) is 0.833. The third-order valence-electron chi connectivity index (χ3n) is 0.947. The van der Waals surface area contributed by atoms with Gasteiger partial charge in [-0.25, -0.2) is 0 Å². The number of halogens is 1. The van der Waals surface area contributed by atoms with Crippen molar-refractivity contribution in [3.63, 3.8) is 0 Å². The molecule has 0 spiro atoms. The number of nitrogens with zero attached hydrogens (tertiary/aromatic N) is 1. The van der Waals surface area contributed by atoms with E-state index < -0.39 is 0 Å². The van der Waals surface area contributed by atoms with Crippen molar-refractivity contribution < 1.29 is 3.17 Å². The molecule has 0 aliphatic carbocycles. The van der Waals surface area contributed by atoms with Crippen molar-refractivity contribution in [2.45, 2.75) is 6.92 Å². The maximum atomic E-state index is 4.68. The highest BCUT2D eigenvalue weighted by atomic mass is 127. The fourth-order valence-electron chi connectivity index (χ4n) is 0.530. The molecule has 5 heteroatoms. The average Bonchev–Trinajstić information content (AvgIpc) is 2.01. The van der Waals surface area contributed by atoms with Crippen LogP contribution in [0.5, 0.6) is 0 Å². The van der Waals surface area contributed by atoms with E-state index in [2.05, 4.69) is 21.5 Å². The van der Waals surface area contributed by atoms with Gasteiger partial charge in [-0.1, -0.05) is 12.1 Å². The molecule has 0 atom stereocenters. The van der Waals surface area contributed by atoms with E-state index in [9.17, 15) is 0 Å². The maximum absolute atomic E-state index is 4.68. The lowest BCUT2D eigenvalue weighted by Crippen LogP contribution is -2.05. The molecule has 0 aromatic carbocycles. The number of thioether (sulfide) groups is 2. The third kappa shape index (κ3) is 7.27. The first-order chi connectivity index (χ1) is 5.35. The van der Waals surface area contributed by atoms with Crippen molar-refractivity contribution in [3.05, 3.63) is 0 Å². The summed E-state index contributed by atoms with van der Waals surface area (Å²) in [4.78, 5) is 0. The van der Waals surface area contributed by atoms with Crippen LogP contribution in [-0.4, -0.2) is 29.2 Å². The predicted octanol–water partition coefficient (Wildman–Crippen LogP) is 2.83. The van der Waals surface area contributed by atoms with E-state index in [-0.39, 0.29) is 0 Å². The highest BCUT2D eigenvalue weighted by molar-refractivity contribution is 14.1. The zero-order chi connectivity index (χ0) is 8.53. The first kappa shape index (κ1) is 11.9. The van der Waals surface area contributed by atoms with Gasteiger partial charge in [-0.15, -0.1) is 0 Å². The molecule has 0 fully saturated rings. The lowest BCUT2D eigenvalue weighted by atomic mass is 10.5. The SMILES string of the molecule is CCSC/C(CSC)=N\OI. The van der Waals surface area contributed by atoms with Crippen LogP contribution in [0.3, 0.4) is 0 Å². The fourth-order valence-corrected chi connectivity index (χ4v) is 2.02. The van der Waals surface area contributed by atoms with Crippen LogP contribution in [0.25, 0.3) is 0 Å². The maximum Gasteiger partial charge on any atom is 0.230 e. The van der Waals surface area contributed by atoms with Crippen molar-refractivity contribution in [2.75, 3.05) is 23.5 Å². The molecular formula is C6H12INOS2. The van der Waals surface area contributed by atoms with Crippen LogP contribution in [0.4, 0.5) is 0 Å². The van der Waals surface area contributed by atoms with Crippen molar-refractivity contribution in [3.8, 4) is 0 Å². The van der Waals surface area contributed by atoms with Gasteiger partial charge in [-0.05, 0) is 12.0 Å². The number of oxime groups is 1. The van der Waals surface area contributed by atoms with Gasteiger partial charge in [0.2, 0.25) is 23.0 Å². The Balaban J connectivity index is 3.60. The van der Waals surface area contributed by atoms with Crippen LogP contribution < -0.4 is 0 Å². The quantitative estimate of drug-likeness (QED) is 0.428. The van der Waals surface area contributed by atoms with Crippen molar-refractivity contribution in [2.24, 2.45) is 5.16 Å². The summed E-state index contributed by atoms with van der Waals surface area (Å²) in [6.45, 7) is 2.15. The highest BCUT2D eigenvalue weighted by Gasteiger charge is 1.98. The Morgan fingerprint density at radius 2 is 2.27 bits per heavy atom. The molecule has 0 aliphatic rings. The smallest absolute Gasteiger partial charge is 0.230 e. The van der Waals surface area contributed by atoms with E-state index in [1.54, 1.807) is 34.8 Å². The molecule has 0 aliphatic heterocycles. The van der Waals surface area contributed by atoms with Gasteiger partial charge >= 0.3 is 0 Å². The molecule has 0 saturated heterocycles. The lowest BCUT2D eigenvalue weighted by molar-refractivity contribution is 0.464. The summed E-state index contributed by atoms with van der Waals surface area (Å²) in [5, 5.41) is 3.91. The van der Waals surface area contributed by atoms with Gasteiger partial charge in [0.15, 0.2) is 0 Å². The zero-order valence-corrected chi connectivity index (χ0v) is 10.5. The first-order valence-electron chi connectivity index (χ1n) is 3.25. The van der Waals surface area contributed by atoms with E-state index in [1.165, 1.54) is 0 Å². The molecule has 0 saturated carbocycles. The summed E-state index contributed by atoms with van der Waals surface area (Å²) in [6, 6.07) is 0. The monoisotopic (exact) mass is 305 g/mol. The van der Waals surface area contributed by atoms with Crippen LogP contribution >= 0.6 is 46.5 Å². The summed E-state index contributed by atoms with van der Waals surface area (Å²) in [5.41, 5.74) is 1.12. The van der Waals surface area contributed by atoms with Gasteiger partial charge in [0.25, 0.3) is 0 Å². The first-order valence-corrected chi connectivity index (χ1v) is 6.68. The van der Waals surface area contributed by atoms with Gasteiger partial charge in [0.05, 0.1) is 5.71 Å². The molecule has 11 heavy (non-hydrogen) atoms. The standard InChI is InChI=1S/C6H12INOS2/c1-3-11-5-6(4-10-2)8-9-7/h3-5H2,1-2H3/b8-6-. The zero-order valence-electron chi connectivity index (χ0n) is 6.67. The van der Waals surface area contributed by atoms with E-state index in [1.807, 2.05) is 11.8 Å². The van der Waals surface area contributed by atoms with Gasteiger partial charge in [0, 0.05) is 11.5 Å².